The van der Waals surface area contributed by atoms with E-state index >= 15 is 0 Å². The van der Waals surface area contributed by atoms with Gasteiger partial charge in [-0.25, -0.2) is 4.98 Å². The van der Waals surface area contributed by atoms with E-state index in [0.717, 1.165) is 10.9 Å². The summed E-state index contributed by atoms with van der Waals surface area (Å²) in [4.78, 5) is 18.3. The molecule has 2 aromatic heterocycles. The van der Waals surface area contributed by atoms with Gasteiger partial charge in [0.1, 0.15) is 5.65 Å². The van der Waals surface area contributed by atoms with Gasteiger partial charge in [-0.15, -0.1) is 0 Å². The molecule has 0 aromatic carbocycles. The summed E-state index contributed by atoms with van der Waals surface area (Å²) in [6.07, 6.45) is 1.83. The number of nitrogens with one attached hydrogen (secondary N) is 1. The number of hydrogen-bond donors (Lipinski definition) is 1. The van der Waals surface area contributed by atoms with Crippen molar-refractivity contribution in [1.29, 1.82) is 0 Å². The van der Waals surface area contributed by atoms with Gasteiger partial charge in [0.15, 0.2) is 0 Å². The largest absolute Gasteiger partial charge is 0.307 e. The Kier molecular flexibility index (Phi) is 2.34. The highest BCUT2D eigenvalue weighted by molar-refractivity contribution is 5.78. The minimum absolute atomic E-state index is 0.0732. The standard InChI is InChI=1S/C13H16N2O/c1-8-5-11(16)15-12-10(8)6-9(7-14-12)13(2,3)4/h5-7H,1-4H3,(H,14,15,16). The fourth-order valence-electron chi connectivity index (χ4n) is 1.70. The van der Waals surface area contributed by atoms with E-state index in [4.69, 9.17) is 0 Å². The van der Waals surface area contributed by atoms with Gasteiger partial charge < -0.3 is 4.98 Å². The van der Waals surface area contributed by atoms with Gasteiger partial charge in [-0.2, -0.15) is 0 Å². The first-order chi connectivity index (χ1) is 7.38. The Hall–Kier alpha value is -1.64. The van der Waals surface area contributed by atoms with Crippen molar-refractivity contribution in [2.24, 2.45) is 0 Å². The molecule has 0 aliphatic carbocycles. The fraction of sp³-hybridized carbons (Fsp3) is 0.385. The second-order valence-corrected chi connectivity index (χ2v) is 5.19. The number of aromatic amines is 1. The normalized spacial score (nSPS) is 12.0. The first kappa shape index (κ1) is 10.9. The van der Waals surface area contributed by atoms with Crippen LogP contribution in [0, 0.1) is 6.92 Å². The molecule has 0 atom stereocenters. The molecule has 0 spiro atoms. The van der Waals surface area contributed by atoms with E-state index in [1.165, 1.54) is 5.56 Å². The Labute approximate surface area is 94.5 Å². The highest BCUT2D eigenvalue weighted by atomic mass is 16.1. The molecule has 0 aliphatic rings. The number of rotatable bonds is 0. The number of hydrogen-bond acceptors (Lipinski definition) is 2. The van der Waals surface area contributed by atoms with Crippen LogP contribution in [0.5, 0.6) is 0 Å². The lowest BCUT2D eigenvalue weighted by Crippen LogP contribution is -2.13. The predicted molar refractivity (Wildman–Crippen MR) is 65.8 cm³/mol. The zero-order valence-corrected chi connectivity index (χ0v) is 10.1. The molecular weight excluding hydrogens is 200 g/mol. The van der Waals surface area contributed by atoms with Crippen molar-refractivity contribution >= 4 is 11.0 Å². The van der Waals surface area contributed by atoms with Crippen LogP contribution >= 0.6 is 0 Å². The van der Waals surface area contributed by atoms with Gasteiger partial charge in [0, 0.05) is 17.6 Å². The first-order valence-electron chi connectivity index (χ1n) is 5.38. The average molecular weight is 216 g/mol. The van der Waals surface area contributed by atoms with Crippen LogP contribution in [0.15, 0.2) is 23.1 Å². The molecule has 0 fully saturated rings. The molecular formula is C13H16N2O. The summed E-state index contributed by atoms with van der Waals surface area (Å²) >= 11 is 0. The number of aryl methyl sites for hydroxylation is 1. The molecule has 16 heavy (non-hydrogen) atoms. The van der Waals surface area contributed by atoms with Crippen molar-refractivity contribution in [1.82, 2.24) is 9.97 Å². The van der Waals surface area contributed by atoms with Gasteiger partial charge in [-0.05, 0) is 29.5 Å². The maximum absolute atomic E-state index is 11.3. The lowest BCUT2D eigenvalue weighted by Gasteiger charge is -2.19. The maximum Gasteiger partial charge on any atom is 0.249 e. The van der Waals surface area contributed by atoms with Gasteiger partial charge in [-0.3, -0.25) is 4.79 Å². The molecule has 2 rings (SSSR count). The Bertz CT molecular complexity index is 591. The van der Waals surface area contributed by atoms with Crippen molar-refractivity contribution in [2.75, 3.05) is 0 Å². The van der Waals surface area contributed by atoms with E-state index in [1.54, 1.807) is 6.07 Å². The molecule has 3 heteroatoms. The first-order valence-corrected chi connectivity index (χ1v) is 5.38. The van der Waals surface area contributed by atoms with Crippen LogP contribution in [-0.2, 0) is 5.41 Å². The molecule has 0 unspecified atom stereocenters. The number of H-pyrrole nitrogens is 1. The molecule has 0 bridgehead atoms. The molecule has 0 saturated heterocycles. The number of aromatic nitrogens is 2. The topological polar surface area (TPSA) is 45.8 Å². The van der Waals surface area contributed by atoms with Gasteiger partial charge >= 0.3 is 0 Å². The van der Waals surface area contributed by atoms with Crippen LogP contribution in [0.3, 0.4) is 0 Å². The van der Waals surface area contributed by atoms with E-state index in [1.807, 2.05) is 13.1 Å². The van der Waals surface area contributed by atoms with Crippen LogP contribution in [0.4, 0.5) is 0 Å². The van der Waals surface area contributed by atoms with E-state index in [0.29, 0.717) is 5.65 Å². The van der Waals surface area contributed by atoms with Gasteiger partial charge in [0.2, 0.25) is 5.56 Å². The van der Waals surface area contributed by atoms with Crippen LogP contribution < -0.4 is 5.56 Å². The fourth-order valence-corrected chi connectivity index (χ4v) is 1.70. The smallest absolute Gasteiger partial charge is 0.249 e. The summed E-state index contributed by atoms with van der Waals surface area (Å²) in [6, 6.07) is 3.71. The minimum atomic E-state index is -0.0963. The second-order valence-electron chi connectivity index (χ2n) is 5.19. The van der Waals surface area contributed by atoms with E-state index in [2.05, 4.69) is 36.8 Å². The molecule has 0 aliphatic heterocycles. The van der Waals surface area contributed by atoms with Gasteiger partial charge in [0.25, 0.3) is 0 Å². The molecule has 2 heterocycles. The Balaban J connectivity index is 2.76. The predicted octanol–water partition coefficient (Wildman–Crippen LogP) is 2.53. The quantitative estimate of drug-likeness (QED) is 0.735. The van der Waals surface area contributed by atoms with Gasteiger partial charge in [-0.1, -0.05) is 20.8 Å². The molecule has 0 amide bonds. The third kappa shape index (κ3) is 1.85. The van der Waals surface area contributed by atoms with E-state index in [9.17, 15) is 4.79 Å². The molecule has 3 nitrogen and oxygen atoms in total. The summed E-state index contributed by atoms with van der Waals surface area (Å²) in [7, 11) is 0. The summed E-state index contributed by atoms with van der Waals surface area (Å²) < 4.78 is 0. The molecule has 84 valence electrons. The molecule has 0 radical (unpaired) electrons. The molecule has 0 saturated carbocycles. The van der Waals surface area contributed by atoms with Gasteiger partial charge in [0.05, 0.1) is 0 Å². The summed E-state index contributed by atoms with van der Waals surface area (Å²) in [5, 5.41) is 1.02. The second kappa shape index (κ2) is 3.44. The Morgan fingerprint density at radius 2 is 1.94 bits per heavy atom. The lowest BCUT2D eigenvalue weighted by atomic mass is 9.87. The highest BCUT2D eigenvalue weighted by Crippen LogP contribution is 2.24. The molecule has 1 N–H and O–H groups in total. The zero-order valence-electron chi connectivity index (χ0n) is 10.1. The summed E-state index contributed by atoms with van der Waals surface area (Å²) in [5.41, 5.74) is 2.79. The third-order valence-corrected chi connectivity index (χ3v) is 2.77. The number of pyridine rings is 2. The maximum atomic E-state index is 11.3. The highest BCUT2D eigenvalue weighted by Gasteiger charge is 2.15. The number of fused-ring (bicyclic) bond motifs is 1. The Morgan fingerprint density at radius 1 is 1.25 bits per heavy atom. The van der Waals surface area contributed by atoms with E-state index in [-0.39, 0.29) is 11.0 Å². The monoisotopic (exact) mass is 216 g/mol. The van der Waals surface area contributed by atoms with Crippen molar-refractivity contribution in [3.63, 3.8) is 0 Å². The average Bonchev–Trinajstić information content (AvgIpc) is 2.15. The molecule has 2 aromatic rings. The van der Waals surface area contributed by atoms with Crippen molar-refractivity contribution in [2.45, 2.75) is 33.1 Å². The number of nitrogens with zero attached hydrogens (tertiary/aromatic N) is 1. The lowest BCUT2D eigenvalue weighted by molar-refractivity contribution is 0.588. The van der Waals surface area contributed by atoms with Crippen molar-refractivity contribution < 1.29 is 0 Å². The summed E-state index contributed by atoms with van der Waals surface area (Å²) in [6.45, 7) is 8.39. The minimum Gasteiger partial charge on any atom is -0.307 e. The van der Waals surface area contributed by atoms with Crippen LogP contribution in [-0.4, -0.2) is 9.97 Å². The SMILES string of the molecule is Cc1cc(=O)[nH]c2ncc(C(C)(C)C)cc12. The van der Waals surface area contributed by atoms with E-state index < -0.39 is 0 Å². The summed E-state index contributed by atoms with van der Waals surface area (Å²) in [5.74, 6) is 0. The van der Waals surface area contributed by atoms with Crippen molar-refractivity contribution in [3.05, 3.63) is 39.8 Å². The van der Waals surface area contributed by atoms with Crippen LogP contribution in [0.25, 0.3) is 11.0 Å². The Morgan fingerprint density at radius 3 is 2.56 bits per heavy atom. The van der Waals surface area contributed by atoms with Crippen LogP contribution in [0.2, 0.25) is 0 Å². The van der Waals surface area contributed by atoms with Crippen LogP contribution in [0.1, 0.15) is 31.9 Å². The third-order valence-electron chi connectivity index (χ3n) is 2.77. The van der Waals surface area contributed by atoms with Crippen molar-refractivity contribution in [3.8, 4) is 0 Å². The zero-order chi connectivity index (χ0) is 11.9.